The second-order valence-corrected chi connectivity index (χ2v) is 21.4. The lowest BCUT2D eigenvalue weighted by Gasteiger charge is -2.49. The number of hydrogen-bond acceptors (Lipinski definition) is 21. The third kappa shape index (κ3) is 13.0. The number of rotatable bonds is 19. The number of carboxylic acid groups (broad SMARTS) is 1. The van der Waals surface area contributed by atoms with Crippen molar-refractivity contribution < 1.29 is 88.7 Å². The van der Waals surface area contributed by atoms with Crippen LogP contribution in [0.2, 0.25) is 0 Å². The number of carboxylic acids is 1. The van der Waals surface area contributed by atoms with E-state index in [1.165, 1.54) is 23.2 Å². The summed E-state index contributed by atoms with van der Waals surface area (Å²) >= 11 is 0. The van der Waals surface area contributed by atoms with Crippen LogP contribution in [0.4, 0.5) is 0 Å². The number of aryl methyl sites for hydroxylation is 1. The lowest BCUT2D eigenvalue weighted by molar-refractivity contribution is -0.339. The summed E-state index contributed by atoms with van der Waals surface area (Å²) in [6.45, 7) is 2.99. The normalized spacial score (nSPS) is 36.2. The van der Waals surface area contributed by atoms with Crippen LogP contribution in [0.1, 0.15) is 82.9 Å². The fourth-order valence-electron chi connectivity index (χ4n) is 11.6. The first-order valence-corrected chi connectivity index (χ1v) is 26.8. The molecule has 25 nitrogen and oxygen atoms in total. The Hall–Kier alpha value is -4.94. The molecular formula is C53H73N7O18. The van der Waals surface area contributed by atoms with Gasteiger partial charge < -0.3 is 84.4 Å². The molecule has 10 N–H and O–H groups in total. The van der Waals surface area contributed by atoms with E-state index in [-0.39, 0.29) is 31.8 Å². The molecule has 3 aliphatic heterocycles. The molecule has 428 valence electrons. The number of aromatic nitrogens is 6. The van der Waals surface area contributed by atoms with Crippen molar-refractivity contribution in [3.05, 3.63) is 72.6 Å². The van der Waals surface area contributed by atoms with Crippen molar-refractivity contribution in [3.8, 4) is 22.5 Å². The number of aliphatic hydroxyl groups is 8. The Kier molecular flexibility index (Phi) is 19.0. The van der Waals surface area contributed by atoms with Crippen molar-refractivity contribution in [1.29, 1.82) is 0 Å². The van der Waals surface area contributed by atoms with Gasteiger partial charge in [0.1, 0.15) is 84.5 Å². The summed E-state index contributed by atoms with van der Waals surface area (Å²) < 4.78 is 47.4. The van der Waals surface area contributed by atoms with Crippen LogP contribution in [0, 0.1) is 18.8 Å². The number of carbonyl (C=O) groups excluding carboxylic acids is 1. The van der Waals surface area contributed by atoms with Crippen molar-refractivity contribution in [3.63, 3.8) is 0 Å². The minimum absolute atomic E-state index is 0.0177. The van der Waals surface area contributed by atoms with Gasteiger partial charge in [0.15, 0.2) is 25.0 Å². The van der Waals surface area contributed by atoms with Crippen molar-refractivity contribution in [2.45, 2.75) is 188 Å². The minimum atomic E-state index is -1.79. The quantitative estimate of drug-likeness (QED) is 0.0597. The number of nitrogens with one attached hydrogen (secondary N) is 1. The van der Waals surface area contributed by atoms with Crippen molar-refractivity contribution in [2.24, 2.45) is 11.8 Å². The van der Waals surface area contributed by atoms with Gasteiger partial charge in [-0.3, -0.25) is 4.79 Å². The predicted molar refractivity (Wildman–Crippen MR) is 269 cm³/mol. The molecule has 78 heavy (non-hydrogen) atoms. The summed E-state index contributed by atoms with van der Waals surface area (Å²) in [6, 6.07) is 13.2. The van der Waals surface area contributed by atoms with E-state index in [2.05, 4.69) is 25.9 Å². The van der Waals surface area contributed by atoms with Gasteiger partial charge in [-0.15, -0.1) is 10.2 Å². The van der Waals surface area contributed by atoms with Gasteiger partial charge in [-0.1, -0.05) is 96.6 Å². The molecule has 5 fully saturated rings. The molecule has 9 unspecified atom stereocenters. The van der Waals surface area contributed by atoms with Gasteiger partial charge >= 0.3 is 5.97 Å². The smallest absolute Gasteiger partial charge is 0.332 e. The highest BCUT2D eigenvalue weighted by molar-refractivity contribution is 5.73. The highest BCUT2D eigenvalue weighted by atomic mass is 16.7. The fourth-order valence-corrected chi connectivity index (χ4v) is 11.6. The maximum atomic E-state index is 13.1. The van der Waals surface area contributed by atoms with Crippen LogP contribution in [-0.4, -0.2) is 212 Å². The summed E-state index contributed by atoms with van der Waals surface area (Å²) in [5, 5.41) is 120. The lowest BCUT2D eigenvalue weighted by Crippen LogP contribution is -2.67. The van der Waals surface area contributed by atoms with E-state index in [4.69, 9.17) is 33.2 Å². The largest absolute Gasteiger partial charge is 0.479 e. The zero-order valence-corrected chi connectivity index (χ0v) is 43.6. The van der Waals surface area contributed by atoms with E-state index in [0.717, 1.165) is 48.8 Å². The summed E-state index contributed by atoms with van der Waals surface area (Å²) in [4.78, 5) is 26.0. The maximum absolute atomic E-state index is 13.1. The van der Waals surface area contributed by atoms with E-state index in [1.54, 1.807) is 12.4 Å². The van der Waals surface area contributed by atoms with Gasteiger partial charge in [0, 0.05) is 18.1 Å². The van der Waals surface area contributed by atoms with Crippen LogP contribution < -0.4 is 5.32 Å². The molecular weight excluding hydrogens is 1020 g/mol. The summed E-state index contributed by atoms with van der Waals surface area (Å²) in [5.41, 5.74) is 3.37. The number of benzene rings is 2. The second kappa shape index (κ2) is 25.7. The fraction of sp³-hybridized carbons (Fsp3) is 0.660. The third-order valence-corrected chi connectivity index (χ3v) is 15.8. The van der Waals surface area contributed by atoms with Crippen LogP contribution in [0.3, 0.4) is 0 Å². The Bertz CT molecular complexity index is 2570. The topological polar surface area (TPSA) is 354 Å². The molecule has 25 heteroatoms. The molecule has 2 aliphatic carbocycles. The molecule has 0 radical (unpaired) electrons. The third-order valence-electron chi connectivity index (χ3n) is 15.8. The Balaban J connectivity index is 1.06. The summed E-state index contributed by atoms with van der Waals surface area (Å²) in [6.07, 6.45) is -15.5. The number of amides is 1. The Labute approximate surface area is 449 Å². The first-order chi connectivity index (χ1) is 37.5. The molecule has 5 heterocycles. The van der Waals surface area contributed by atoms with Crippen molar-refractivity contribution in [2.75, 3.05) is 19.8 Å². The monoisotopic (exact) mass is 1100 g/mol. The Morgan fingerprint density at radius 1 is 0.718 bits per heavy atom. The summed E-state index contributed by atoms with van der Waals surface area (Å²) in [7, 11) is 0. The molecule has 0 bridgehead atoms. The Morgan fingerprint density at radius 3 is 2.08 bits per heavy atom. The maximum Gasteiger partial charge on any atom is 0.332 e. The molecule has 4 aromatic rings. The first kappa shape index (κ1) is 57.7. The van der Waals surface area contributed by atoms with E-state index in [0.29, 0.717) is 11.4 Å². The van der Waals surface area contributed by atoms with Gasteiger partial charge in [0.25, 0.3) is 0 Å². The highest BCUT2D eigenvalue weighted by Crippen LogP contribution is 2.42. The number of aliphatic carboxylic acids is 1. The lowest BCUT2D eigenvalue weighted by atomic mass is 9.81. The van der Waals surface area contributed by atoms with Crippen LogP contribution in [-0.2, 0) is 42.7 Å². The van der Waals surface area contributed by atoms with E-state index >= 15 is 0 Å². The van der Waals surface area contributed by atoms with E-state index < -0.39 is 147 Å². The Morgan fingerprint density at radius 2 is 1.38 bits per heavy atom. The predicted octanol–water partition coefficient (Wildman–Crippen LogP) is 0.150. The molecule has 1 amide bonds. The van der Waals surface area contributed by atoms with Crippen LogP contribution in [0.15, 0.2) is 67.0 Å². The minimum Gasteiger partial charge on any atom is -0.479 e. The van der Waals surface area contributed by atoms with Crippen molar-refractivity contribution >= 4 is 11.9 Å². The summed E-state index contributed by atoms with van der Waals surface area (Å²) in [5.74, 6) is -2.49. The van der Waals surface area contributed by atoms with Gasteiger partial charge in [0.2, 0.25) is 5.91 Å². The SMILES string of the molecule is CC(=O)NC1C(O[C@@H](CC2CCCCC2)C(=O)O)[C@@H](O)C(CO)O[C@H]1O[C@@H]1CC(CO[C@H]2O[C@H](CO)[C@@H](O)C(n3cc(-c4cccc(C)c4)nn3)C2O)C[C@@H](n2cc(-c3ccccc3)nn2)C1O[C@@H]1OC(C)[C@@H](O)[C@H](O)C1O. The number of nitrogens with zero attached hydrogens (tertiary/aromatic N) is 6. The molecule has 0 spiro atoms. The molecule has 2 saturated carbocycles. The number of carbonyl (C=O) groups is 2. The van der Waals surface area contributed by atoms with Crippen LogP contribution >= 0.6 is 0 Å². The number of ether oxygens (including phenoxy) is 7. The zero-order chi connectivity index (χ0) is 55.4. The van der Waals surface area contributed by atoms with Gasteiger partial charge in [-0.25, -0.2) is 14.2 Å². The molecule has 20 atom stereocenters. The molecule has 5 aliphatic rings. The number of hydrogen-bond donors (Lipinski definition) is 10. The van der Waals surface area contributed by atoms with Crippen LogP contribution in [0.25, 0.3) is 22.5 Å². The average Bonchev–Trinajstić information content (AvgIpc) is 4.23. The molecule has 9 rings (SSSR count). The standard InChI is InChI=1S/C53H73N7O18/c1-26-11-10-16-32(17-26)34-22-60(58-56-34)41-43(65)38(23-61)77-52(45(41)67)72-25-30-18-35(59-21-33(55-57-59)31-14-8-5-9-15-31)48(78-53-47(69)46(68)42(64)27(2)73-53)36(20-30)75-51-40(54-28(3)63)49(44(66)39(24-62)76-51)74-37(50(70)71)19-29-12-6-4-7-13-29/h5,8-11,14-17,21-22,27,29-30,35-49,51-53,61-62,64-69H,4,6-7,12-13,18-20,23-25H2,1-3H3,(H,54,63)(H,70,71)/t27?,30?,35-,36-,37+,38-,39?,40?,41?,42-,43-,44+,45?,46+,47?,48?,49?,51-,52+,53+/m1/s1. The second-order valence-electron chi connectivity index (χ2n) is 21.4. The van der Waals surface area contributed by atoms with Gasteiger partial charge in [0.05, 0.1) is 50.5 Å². The van der Waals surface area contributed by atoms with E-state index in [1.807, 2.05) is 61.5 Å². The van der Waals surface area contributed by atoms with Gasteiger partial charge in [-0.2, -0.15) is 0 Å². The molecule has 2 aromatic carbocycles. The highest BCUT2D eigenvalue weighted by Gasteiger charge is 2.54. The van der Waals surface area contributed by atoms with Crippen LogP contribution in [0.5, 0.6) is 0 Å². The average molecular weight is 1100 g/mol. The molecule has 2 aromatic heterocycles. The zero-order valence-electron chi connectivity index (χ0n) is 43.6. The van der Waals surface area contributed by atoms with Gasteiger partial charge in [-0.05, 0) is 51.0 Å². The van der Waals surface area contributed by atoms with Crippen molar-refractivity contribution in [1.82, 2.24) is 35.3 Å². The number of aliphatic hydroxyl groups excluding tert-OH is 8. The van der Waals surface area contributed by atoms with E-state index in [9.17, 15) is 55.5 Å². The first-order valence-electron chi connectivity index (χ1n) is 26.8. The molecule has 3 saturated heterocycles.